The summed E-state index contributed by atoms with van der Waals surface area (Å²) >= 11 is 1.57. The summed E-state index contributed by atoms with van der Waals surface area (Å²) in [5.41, 5.74) is 2.25. The van der Waals surface area contributed by atoms with Crippen LogP contribution in [0.3, 0.4) is 0 Å². The van der Waals surface area contributed by atoms with Crippen molar-refractivity contribution in [2.24, 2.45) is 0 Å². The molecule has 1 aromatic carbocycles. The third-order valence-electron chi connectivity index (χ3n) is 3.02. The zero-order chi connectivity index (χ0) is 13.1. The molecule has 0 radical (unpaired) electrons. The summed E-state index contributed by atoms with van der Waals surface area (Å²) in [6, 6.07) is 7.98. The molecule has 1 fully saturated rings. The Morgan fingerprint density at radius 1 is 1.50 bits per heavy atom. The lowest BCUT2D eigenvalue weighted by atomic mass is 10.1. The van der Waals surface area contributed by atoms with Crippen molar-refractivity contribution < 1.29 is 9.59 Å². The molecule has 0 unspecified atom stereocenters. The van der Waals surface area contributed by atoms with Crippen molar-refractivity contribution in [1.82, 2.24) is 10.2 Å². The van der Waals surface area contributed by atoms with Crippen LogP contribution >= 0.6 is 11.8 Å². The largest absolute Gasteiger partial charge is 0.358 e. The van der Waals surface area contributed by atoms with Crippen LogP contribution in [0.2, 0.25) is 0 Å². The second-order valence-corrected chi connectivity index (χ2v) is 5.28. The summed E-state index contributed by atoms with van der Waals surface area (Å²) in [7, 11) is 1.58. The SMILES string of the molecule is CNC(=O)CN1C(=O)CS[C@H]1c1ccccc1C. The number of amides is 2. The standard InChI is InChI=1S/C13H16N2O2S/c1-9-5-3-4-6-10(9)13-15(7-11(16)14-2)12(17)8-18-13/h3-6,13H,7-8H2,1-2H3,(H,14,16)/t13-/m0/s1. The monoisotopic (exact) mass is 264 g/mol. The van der Waals surface area contributed by atoms with Crippen LogP contribution in [-0.4, -0.2) is 36.1 Å². The molecule has 2 rings (SSSR count). The van der Waals surface area contributed by atoms with Gasteiger partial charge in [0.05, 0.1) is 5.75 Å². The minimum atomic E-state index is -0.135. The molecular weight excluding hydrogens is 248 g/mol. The highest BCUT2D eigenvalue weighted by Gasteiger charge is 2.34. The van der Waals surface area contributed by atoms with Crippen LogP contribution < -0.4 is 5.32 Å². The number of hydrogen-bond acceptors (Lipinski definition) is 3. The number of thioether (sulfide) groups is 1. The van der Waals surface area contributed by atoms with Gasteiger partial charge in [-0.25, -0.2) is 0 Å². The Morgan fingerprint density at radius 3 is 2.89 bits per heavy atom. The fourth-order valence-electron chi connectivity index (χ4n) is 1.98. The van der Waals surface area contributed by atoms with Crippen molar-refractivity contribution in [3.05, 3.63) is 35.4 Å². The minimum absolute atomic E-state index is 0.0249. The van der Waals surface area contributed by atoms with Gasteiger partial charge in [0.2, 0.25) is 11.8 Å². The third-order valence-corrected chi connectivity index (χ3v) is 4.25. The van der Waals surface area contributed by atoms with E-state index in [4.69, 9.17) is 0 Å². The first-order valence-electron chi connectivity index (χ1n) is 5.80. The van der Waals surface area contributed by atoms with E-state index in [1.165, 1.54) is 0 Å². The van der Waals surface area contributed by atoms with E-state index < -0.39 is 0 Å². The van der Waals surface area contributed by atoms with Crippen molar-refractivity contribution in [2.75, 3.05) is 19.3 Å². The molecule has 1 heterocycles. The molecule has 4 nitrogen and oxygen atoms in total. The smallest absolute Gasteiger partial charge is 0.239 e. The zero-order valence-electron chi connectivity index (χ0n) is 10.5. The number of benzene rings is 1. The van der Waals surface area contributed by atoms with Gasteiger partial charge in [0.25, 0.3) is 0 Å². The molecule has 5 heteroatoms. The molecule has 0 aliphatic carbocycles. The fraction of sp³-hybridized carbons (Fsp3) is 0.385. The predicted molar refractivity (Wildman–Crippen MR) is 72.2 cm³/mol. The summed E-state index contributed by atoms with van der Waals surface area (Å²) in [6.07, 6.45) is 0. The van der Waals surface area contributed by atoms with Crippen LogP contribution in [0.5, 0.6) is 0 Å². The van der Waals surface area contributed by atoms with E-state index in [-0.39, 0.29) is 23.7 Å². The number of hydrogen-bond donors (Lipinski definition) is 1. The van der Waals surface area contributed by atoms with Crippen molar-refractivity contribution >= 4 is 23.6 Å². The Balaban J connectivity index is 2.24. The maximum atomic E-state index is 11.8. The van der Waals surface area contributed by atoms with E-state index in [9.17, 15) is 9.59 Å². The van der Waals surface area contributed by atoms with E-state index in [1.807, 2.05) is 31.2 Å². The third kappa shape index (κ3) is 2.51. The van der Waals surface area contributed by atoms with Gasteiger partial charge >= 0.3 is 0 Å². The molecule has 0 spiro atoms. The predicted octanol–water partition coefficient (Wildman–Crippen LogP) is 1.32. The van der Waals surface area contributed by atoms with Crippen molar-refractivity contribution in [2.45, 2.75) is 12.3 Å². The number of nitrogens with zero attached hydrogens (tertiary/aromatic N) is 1. The van der Waals surface area contributed by atoms with Crippen LogP contribution in [0.15, 0.2) is 24.3 Å². The highest BCUT2D eigenvalue weighted by Crippen LogP contribution is 2.39. The van der Waals surface area contributed by atoms with E-state index >= 15 is 0 Å². The number of aryl methyl sites for hydroxylation is 1. The van der Waals surface area contributed by atoms with Crippen LogP contribution in [0.1, 0.15) is 16.5 Å². The van der Waals surface area contributed by atoms with Gasteiger partial charge in [0.1, 0.15) is 11.9 Å². The van der Waals surface area contributed by atoms with Crippen LogP contribution in [0, 0.1) is 6.92 Å². The second-order valence-electron chi connectivity index (χ2n) is 4.21. The average molecular weight is 264 g/mol. The minimum Gasteiger partial charge on any atom is -0.358 e. The molecule has 96 valence electrons. The van der Waals surface area contributed by atoms with Crippen LogP contribution in [0.4, 0.5) is 0 Å². The molecule has 1 atom stereocenters. The molecule has 2 amide bonds. The Morgan fingerprint density at radius 2 is 2.22 bits per heavy atom. The highest BCUT2D eigenvalue weighted by molar-refractivity contribution is 8.00. The highest BCUT2D eigenvalue weighted by atomic mass is 32.2. The van der Waals surface area contributed by atoms with Gasteiger partial charge in [-0.15, -0.1) is 11.8 Å². The van der Waals surface area contributed by atoms with Gasteiger partial charge in [0, 0.05) is 7.05 Å². The van der Waals surface area contributed by atoms with Gasteiger partial charge < -0.3 is 10.2 Å². The molecule has 0 bridgehead atoms. The molecular formula is C13H16N2O2S. The number of nitrogens with one attached hydrogen (secondary N) is 1. The van der Waals surface area contributed by atoms with E-state index in [2.05, 4.69) is 5.32 Å². The second kappa shape index (κ2) is 5.44. The molecule has 1 aliphatic heterocycles. The van der Waals surface area contributed by atoms with Crippen molar-refractivity contribution in [3.8, 4) is 0 Å². The van der Waals surface area contributed by atoms with Crippen LogP contribution in [0.25, 0.3) is 0 Å². The van der Waals surface area contributed by atoms with E-state index in [1.54, 1.807) is 23.7 Å². The topological polar surface area (TPSA) is 49.4 Å². The van der Waals surface area contributed by atoms with Gasteiger partial charge in [0.15, 0.2) is 0 Å². The normalized spacial score (nSPS) is 19.1. The summed E-state index contributed by atoms with van der Waals surface area (Å²) in [5.74, 6) is 0.331. The molecule has 18 heavy (non-hydrogen) atoms. The lowest BCUT2D eigenvalue weighted by molar-refractivity contribution is -0.133. The molecule has 1 N–H and O–H groups in total. The molecule has 1 aliphatic rings. The Labute approximate surface area is 111 Å². The van der Waals surface area contributed by atoms with E-state index in [0.717, 1.165) is 11.1 Å². The maximum Gasteiger partial charge on any atom is 0.239 e. The van der Waals surface area contributed by atoms with Crippen molar-refractivity contribution in [1.29, 1.82) is 0 Å². The van der Waals surface area contributed by atoms with Gasteiger partial charge in [-0.05, 0) is 18.1 Å². The number of carbonyl (C=O) groups excluding carboxylic acids is 2. The molecule has 0 saturated carbocycles. The summed E-state index contributed by atoms with van der Waals surface area (Å²) in [6.45, 7) is 2.15. The lowest BCUT2D eigenvalue weighted by Gasteiger charge is -2.24. The Hall–Kier alpha value is -1.49. The van der Waals surface area contributed by atoms with E-state index in [0.29, 0.717) is 5.75 Å². The summed E-state index contributed by atoms with van der Waals surface area (Å²) < 4.78 is 0. The number of carbonyl (C=O) groups is 2. The maximum absolute atomic E-state index is 11.8. The van der Waals surface area contributed by atoms with Gasteiger partial charge in [-0.2, -0.15) is 0 Å². The first kappa shape index (κ1) is 13.0. The number of rotatable bonds is 3. The fourth-order valence-corrected chi connectivity index (χ4v) is 3.26. The Kier molecular flexibility index (Phi) is 3.91. The molecule has 0 aromatic heterocycles. The summed E-state index contributed by atoms with van der Waals surface area (Å²) in [5, 5.41) is 2.51. The van der Waals surface area contributed by atoms with Crippen LogP contribution in [-0.2, 0) is 9.59 Å². The molecule has 1 saturated heterocycles. The zero-order valence-corrected chi connectivity index (χ0v) is 11.3. The first-order chi connectivity index (χ1) is 8.63. The summed E-state index contributed by atoms with van der Waals surface area (Å²) in [4.78, 5) is 25.0. The average Bonchev–Trinajstić information content (AvgIpc) is 2.72. The lowest BCUT2D eigenvalue weighted by Crippen LogP contribution is -2.38. The number of likely N-dealkylation sites (N-methyl/N-ethyl adjacent to an activating group) is 1. The van der Waals surface area contributed by atoms with Gasteiger partial charge in [-0.3, -0.25) is 9.59 Å². The molecule has 1 aromatic rings. The first-order valence-corrected chi connectivity index (χ1v) is 6.85. The van der Waals surface area contributed by atoms with Crippen molar-refractivity contribution in [3.63, 3.8) is 0 Å². The Bertz CT molecular complexity index is 476. The quantitative estimate of drug-likeness (QED) is 0.895. The van der Waals surface area contributed by atoms with Gasteiger partial charge in [-0.1, -0.05) is 24.3 Å².